The summed E-state index contributed by atoms with van der Waals surface area (Å²) in [6, 6.07) is 12.2. The molecule has 1 aliphatic rings. The molecule has 2 heterocycles. The Hall–Kier alpha value is -3.17. The summed E-state index contributed by atoms with van der Waals surface area (Å²) < 4.78 is 12.1. The van der Waals surface area contributed by atoms with Gasteiger partial charge in [0.15, 0.2) is 5.16 Å². The first-order valence-corrected chi connectivity index (χ1v) is 12.0. The number of benzene rings is 2. The molecule has 0 spiro atoms. The third-order valence-corrected chi connectivity index (χ3v) is 6.81. The maximum absolute atomic E-state index is 13.4. The van der Waals surface area contributed by atoms with Crippen LogP contribution in [-0.4, -0.2) is 46.5 Å². The van der Waals surface area contributed by atoms with Crippen molar-refractivity contribution in [1.82, 2.24) is 9.55 Å². The fourth-order valence-corrected chi connectivity index (χ4v) is 4.70. The Morgan fingerprint density at radius 1 is 1.26 bits per heavy atom. The Bertz CT molecular complexity index is 1270. The first-order chi connectivity index (χ1) is 16.4. The van der Waals surface area contributed by atoms with Gasteiger partial charge in [-0.3, -0.25) is 14.2 Å². The van der Waals surface area contributed by atoms with E-state index in [0.717, 1.165) is 18.4 Å². The van der Waals surface area contributed by atoms with Crippen molar-refractivity contribution in [2.45, 2.75) is 49.7 Å². The first-order valence-electron chi connectivity index (χ1n) is 11.1. The number of nitrogens with zero attached hydrogens (tertiary/aromatic N) is 2. The Morgan fingerprint density at radius 3 is 2.71 bits per heavy atom. The minimum absolute atomic E-state index is 0.0812. The largest absolute Gasteiger partial charge is 0.465 e. The van der Waals surface area contributed by atoms with Crippen LogP contribution in [0.4, 0.5) is 5.69 Å². The van der Waals surface area contributed by atoms with E-state index in [0.29, 0.717) is 40.5 Å². The van der Waals surface area contributed by atoms with Crippen molar-refractivity contribution in [2.24, 2.45) is 0 Å². The average molecular weight is 482 g/mol. The van der Waals surface area contributed by atoms with Crippen LogP contribution in [0.5, 0.6) is 0 Å². The van der Waals surface area contributed by atoms with Crippen molar-refractivity contribution in [3.63, 3.8) is 0 Å². The number of rotatable bonds is 7. The molecule has 4 rings (SSSR count). The summed E-state index contributed by atoms with van der Waals surface area (Å²) >= 11 is 1.20. The average Bonchev–Trinajstić information content (AvgIpc) is 3.35. The minimum atomic E-state index is -0.523. The predicted octanol–water partition coefficient (Wildman–Crippen LogP) is 3.79. The number of hydrogen-bond donors (Lipinski definition) is 1. The molecule has 0 aliphatic carbocycles. The molecule has 1 N–H and O–H groups in total. The minimum Gasteiger partial charge on any atom is -0.465 e. The highest BCUT2D eigenvalue weighted by Crippen LogP contribution is 2.26. The second-order valence-electron chi connectivity index (χ2n) is 8.28. The lowest BCUT2D eigenvalue weighted by Crippen LogP contribution is -2.30. The fraction of sp³-hybridized carbons (Fsp3) is 0.360. The number of carbonyl (C=O) groups is 2. The molecule has 3 aromatic rings. The molecule has 34 heavy (non-hydrogen) atoms. The Balaban J connectivity index is 1.67. The van der Waals surface area contributed by atoms with Crippen molar-refractivity contribution >= 4 is 40.2 Å². The van der Waals surface area contributed by atoms with Gasteiger partial charge in [-0.25, -0.2) is 9.78 Å². The van der Waals surface area contributed by atoms with Crippen LogP contribution in [-0.2, 0) is 20.8 Å². The third kappa shape index (κ3) is 5.31. The number of methoxy groups -OCH3 is 1. The highest BCUT2D eigenvalue weighted by atomic mass is 32.2. The number of thioether (sulfide) groups is 1. The number of nitrogens with one attached hydrogen (secondary N) is 1. The molecule has 2 unspecified atom stereocenters. The molecule has 2 atom stereocenters. The lowest BCUT2D eigenvalue weighted by molar-refractivity contribution is -0.115. The van der Waals surface area contributed by atoms with E-state index in [9.17, 15) is 14.4 Å². The van der Waals surface area contributed by atoms with Gasteiger partial charge < -0.3 is 14.8 Å². The summed E-state index contributed by atoms with van der Waals surface area (Å²) in [5.41, 5.74) is 2.26. The van der Waals surface area contributed by atoms with Crippen molar-refractivity contribution in [3.05, 3.63) is 63.9 Å². The van der Waals surface area contributed by atoms with Gasteiger partial charge in [-0.05, 0) is 57.0 Å². The van der Waals surface area contributed by atoms with Gasteiger partial charge in [0.05, 0.1) is 41.5 Å². The predicted molar refractivity (Wildman–Crippen MR) is 131 cm³/mol. The van der Waals surface area contributed by atoms with Gasteiger partial charge in [0.25, 0.3) is 5.56 Å². The van der Waals surface area contributed by atoms with Crippen LogP contribution in [0.2, 0.25) is 0 Å². The molecule has 1 aromatic heterocycles. The maximum Gasteiger partial charge on any atom is 0.337 e. The Labute approximate surface area is 201 Å². The number of hydrogen-bond acceptors (Lipinski definition) is 7. The van der Waals surface area contributed by atoms with Crippen LogP contribution in [0.15, 0.2) is 52.4 Å². The van der Waals surface area contributed by atoms with Gasteiger partial charge in [-0.1, -0.05) is 29.5 Å². The molecule has 1 amide bonds. The number of amides is 1. The van der Waals surface area contributed by atoms with Crippen LogP contribution in [0.3, 0.4) is 0 Å². The molecule has 1 aliphatic heterocycles. The SMILES string of the molecule is COC(=O)c1ccc2c(=O)n(CC3CCCO3)c(SC(C)C(=O)Nc3ccc(C)cc3)nc2c1. The van der Waals surface area contributed by atoms with Crippen LogP contribution in [0.25, 0.3) is 10.9 Å². The topological polar surface area (TPSA) is 99.5 Å². The zero-order chi connectivity index (χ0) is 24.2. The summed E-state index contributed by atoms with van der Waals surface area (Å²) in [4.78, 5) is 42.9. The second kappa shape index (κ2) is 10.4. The summed E-state index contributed by atoms with van der Waals surface area (Å²) in [6.07, 6.45) is 1.72. The Morgan fingerprint density at radius 2 is 2.03 bits per heavy atom. The smallest absolute Gasteiger partial charge is 0.337 e. The molecule has 1 fully saturated rings. The van der Waals surface area contributed by atoms with Gasteiger partial charge >= 0.3 is 5.97 Å². The number of carbonyl (C=O) groups excluding carboxylic acids is 2. The van der Waals surface area contributed by atoms with E-state index in [1.807, 2.05) is 31.2 Å². The van der Waals surface area contributed by atoms with Crippen molar-refractivity contribution in [3.8, 4) is 0 Å². The lowest BCUT2D eigenvalue weighted by Gasteiger charge is -2.19. The molecular formula is C25H27N3O5S. The third-order valence-electron chi connectivity index (χ3n) is 5.72. The lowest BCUT2D eigenvalue weighted by atomic mass is 10.1. The van der Waals surface area contributed by atoms with Gasteiger partial charge in [0.2, 0.25) is 5.91 Å². The van der Waals surface area contributed by atoms with Gasteiger partial charge in [-0.2, -0.15) is 0 Å². The second-order valence-corrected chi connectivity index (χ2v) is 9.59. The highest BCUT2D eigenvalue weighted by molar-refractivity contribution is 8.00. The number of anilines is 1. The van der Waals surface area contributed by atoms with Crippen LogP contribution >= 0.6 is 11.8 Å². The summed E-state index contributed by atoms with van der Waals surface area (Å²) in [7, 11) is 1.30. The van der Waals surface area contributed by atoms with Gasteiger partial charge in [0, 0.05) is 12.3 Å². The maximum atomic E-state index is 13.4. The summed E-state index contributed by atoms with van der Waals surface area (Å²) in [5, 5.41) is 3.18. The zero-order valence-electron chi connectivity index (χ0n) is 19.4. The van der Waals surface area contributed by atoms with E-state index in [2.05, 4.69) is 10.3 Å². The molecule has 8 nitrogen and oxygen atoms in total. The molecule has 2 aromatic carbocycles. The van der Waals surface area contributed by atoms with Crippen LogP contribution in [0.1, 0.15) is 35.7 Å². The molecule has 1 saturated heterocycles. The number of aryl methyl sites for hydroxylation is 1. The highest BCUT2D eigenvalue weighted by Gasteiger charge is 2.24. The van der Waals surface area contributed by atoms with Crippen LogP contribution in [0, 0.1) is 6.92 Å². The number of fused-ring (bicyclic) bond motifs is 1. The standard InChI is InChI=1S/C25H27N3O5S/c1-15-6-9-18(10-7-15)26-22(29)16(2)34-25-27-21-13-17(24(31)32-3)8-11-20(21)23(30)28(25)14-19-5-4-12-33-19/h6-11,13,16,19H,4-5,12,14H2,1-3H3,(H,26,29). The van der Waals surface area contributed by atoms with E-state index in [4.69, 9.17) is 9.47 Å². The monoisotopic (exact) mass is 481 g/mol. The van der Waals surface area contributed by atoms with E-state index in [1.54, 1.807) is 29.7 Å². The summed E-state index contributed by atoms with van der Waals surface area (Å²) in [6.45, 7) is 4.77. The number of aromatic nitrogens is 2. The molecule has 0 bridgehead atoms. The molecule has 0 radical (unpaired) electrons. The molecule has 0 saturated carbocycles. The normalized spacial score (nSPS) is 16.4. The number of ether oxygens (including phenoxy) is 2. The van der Waals surface area contributed by atoms with Crippen LogP contribution < -0.4 is 10.9 Å². The fourth-order valence-electron chi connectivity index (χ4n) is 3.78. The zero-order valence-corrected chi connectivity index (χ0v) is 20.2. The molecule has 9 heteroatoms. The van der Waals surface area contributed by atoms with E-state index >= 15 is 0 Å². The summed E-state index contributed by atoms with van der Waals surface area (Å²) in [5.74, 6) is -0.706. The van der Waals surface area contributed by atoms with Gasteiger partial charge in [-0.15, -0.1) is 0 Å². The number of esters is 1. The van der Waals surface area contributed by atoms with E-state index < -0.39 is 11.2 Å². The van der Waals surface area contributed by atoms with E-state index in [1.165, 1.54) is 18.9 Å². The van der Waals surface area contributed by atoms with Crippen molar-refractivity contribution in [2.75, 3.05) is 19.0 Å². The van der Waals surface area contributed by atoms with Crippen molar-refractivity contribution in [1.29, 1.82) is 0 Å². The molecule has 178 valence electrons. The molecular weight excluding hydrogens is 454 g/mol. The quantitative estimate of drug-likeness (QED) is 0.311. The Kier molecular flexibility index (Phi) is 7.33. The van der Waals surface area contributed by atoms with Crippen molar-refractivity contribution < 1.29 is 19.1 Å². The first kappa shape index (κ1) is 24.0. The van der Waals surface area contributed by atoms with Gasteiger partial charge in [0.1, 0.15) is 0 Å². The van der Waals surface area contributed by atoms with E-state index in [-0.39, 0.29) is 17.6 Å².